The van der Waals surface area contributed by atoms with Crippen LogP contribution in [0.4, 0.5) is 0 Å². The first-order valence-corrected chi connectivity index (χ1v) is 3.54. The van der Waals surface area contributed by atoms with Gasteiger partial charge < -0.3 is 11.5 Å². The number of carbonyl (C=O) groups is 2. The molecule has 4 N–H and O–H groups in total. The maximum absolute atomic E-state index is 11.1. The van der Waals surface area contributed by atoms with Gasteiger partial charge in [0.15, 0.2) is 0 Å². The summed E-state index contributed by atoms with van der Waals surface area (Å²) in [5.74, 6) is -1.51. The number of nitrogens with two attached hydrogens (primary N) is 2. The monoisotopic (exact) mass is 182 g/mol. The van der Waals surface area contributed by atoms with Gasteiger partial charge in [-0.15, -0.1) is 0 Å². The molecule has 2 atom stereocenters. The lowest BCUT2D eigenvalue weighted by molar-refractivity contribution is -0.139. The number of aromatic nitrogens is 2. The Balaban J connectivity index is 2.59. The highest BCUT2D eigenvalue weighted by atomic mass is 16.6. The number of Topliss-reactive ketones (excluding diaryl/α,β-unsaturated/α-hetero) is 2. The molecule has 0 radical (unpaired) electrons. The molecule has 0 amide bonds. The highest BCUT2D eigenvalue weighted by molar-refractivity contribution is 6.41. The minimum Gasteiger partial charge on any atom is -0.316 e. The van der Waals surface area contributed by atoms with Gasteiger partial charge in [-0.2, -0.15) is 0 Å². The Labute approximate surface area is 72.0 Å². The molecule has 1 aromatic rings. The van der Waals surface area contributed by atoms with E-state index in [4.69, 9.17) is 11.5 Å². The summed E-state index contributed by atoms with van der Waals surface area (Å²) in [6, 6.07) is -2.18. The van der Waals surface area contributed by atoms with Crippen LogP contribution in [-0.2, 0) is 9.59 Å². The van der Waals surface area contributed by atoms with Crippen molar-refractivity contribution in [2.24, 2.45) is 11.5 Å². The maximum Gasteiger partial charge on any atom is 0.223 e. The molecule has 1 aliphatic rings. The molecule has 13 heavy (non-hydrogen) atoms. The number of carbonyl (C=O) groups excluding carboxylic acids is 2. The number of hydrogen-bond donors (Lipinski definition) is 2. The van der Waals surface area contributed by atoms with E-state index in [-0.39, 0.29) is 11.4 Å². The standard InChI is InChI=1S/C6H6N4O3/c7-1-3-4(10-13-9-3)2(8)6(12)5(1)11/h1-2H,7-8H2. The second kappa shape index (κ2) is 2.44. The van der Waals surface area contributed by atoms with Crippen molar-refractivity contribution in [2.75, 3.05) is 0 Å². The normalized spacial score (nSPS) is 27.5. The Hall–Kier alpha value is -1.60. The molecule has 0 saturated carbocycles. The number of nitrogens with zero attached hydrogens (tertiary/aromatic N) is 2. The van der Waals surface area contributed by atoms with Gasteiger partial charge in [0.1, 0.15) is 23.5 Å². The zero-order chi connectivity index (χ0) is 9.59. The third kappa shape index (κ3) is 0.910. The first-order chi connectivity index (χ1) is 6.13. The summed E-state index contributed by atoms with van der Waals surface area (Å²) in [6.45, 7) is 0. The van der Waals surface area contributed by atoms with E-state index in [0.717, 1.165) is 0 Å². The van der Waals surface area contributed by atoms with Crippen molar-refractivity contribution >= 4 is 11.6 Å². The van der Waals surface area contributed by atoms with Gasteiger partial charge in [0.05, 0.1) is 0 Å². The van der Waals surface area contributed by atoms with E-state index in [0.29, 0.717) is 0 Å². The zero-order valence-corrected chi connectivity index (χ0v) is 6.43. The molecule has 1 aromatic heterocycles. The Kier molecular flexibility index (Phi) is 1.51. The van der Waals surface area contributed by atoms with Crippen LogP contribution in [0.5, 0.6) is 0 Å². The van der Waals surface area contributed by atoms with Gasteiger partial charge >= 0.3 is 0 Å². The van der Waals surface area contributed by atoms with Gasteiger partial charge in [-0.25, -0.2) is 4.63 Å². The second-order valence-corrected chi connectivity index (χ2v) is 2.72. The number of rotatable bonds is 0. The molecule has 68 valence electrons. The van der Waals surface area contributed by atoms with E-state index in [1.54, 1.807) is 0 Å². The second-order valence-electron chi connectivity index (χ2n) is 2.72. The quantitative estimate of drug-likeness (QED) is 0.454. The van der Waals surface area contributed by atoms with E-state index in [1.165, 1.54) is 0 Å². The molecule has 0 spiro atoms. The van der Waals surface area contributed by atoms with Gasteiger partial charge in [-0.05, 0) is 0 Å². The minimum absolute atomic E-state index is 0.150. The van der Waals surface area contributed by atoms with Gasteiger partial charge in [-0.1, -0.05) is 10.3 Å². The van der Waals surface area contributed by atoms with Crippen molar-refractivity contribution in [3.8, 4) is 0 Å². The highest BCUT2D eigenvalue weighted by Crippen LogP contribution is 2.25. The smallest absolute Gasteiger partial charge is 0.223 e. The third-order valence-electron chi connectivity index (χ3n) is 1.94. The molecule has 7 nitrogen and oxygen atoms in total. The van der Waals surface area contributed by atoms with E-state index in [2.05, 4.69) is 14.9 Å². The van der Waals surface area contributed by atoms with Crippen LogP contribution in [0.25, 0.3) is 0 Å². The van der Waals surface area contributed by atoms with Crippen LogP contribution in [0.3, 0.4) is 0 Å². The Morgan fingerprint density at radius 1 is 1.00 bits per heavy atom. The molecule has 0 bridgehead atoms. The summed E-state index contributed by atoms with van der Waals surface area (Å²) in [4.78, 5) is 22.3. The number of ketones is 2. The molecule has 1 heterocycles. The van der Waals surface area contributed by atoms with Crippen molar-refractivity contribution < 1.29 is 14.2 Å². The average molecular weight is 182 g/mol. The lowest BCUT2D eigenvalue weighted by atomic mass is 9.91. The largest absolute Gasteiger partial charge is 0.316 e. The number of fused-ring (bicyclic) bond motifs is 1. The molecule has 2 unspecified atom stereocenters. The topological polar surface area (TPSA) is 125 Å². The summed E-state index contributed by atoms with van der Waals surface area (Å²) >= 11 is 0. The van der Waals surface area contributed by atoms with Crippen molar-refractivity contribution in [3.05, 3.63) is 11.4 Å². The molecular weight excluding hydrogens is 176 g/mol. The number of hydrogen-bond acceptors (Lipinski definition) is 7. The first kappa shape index (κ1) is 8.02. The van der Waals surface area contributed by atoms with Crippen LogP contribution < -0.4 is 11.5 Å². The summed E-state index contributed by atoms with van der Waals surface area (Å²) < 4.78 is 4.34. The Morgan fingerprint density at radius 2 is 1.38 bits per heavy atom. The molecule has 0 fully saturated rings. The maximum atomic E-state index is 11.1. The average Bonchev–Trinajstić information content (AvgIpc) is 2.59. The Morgan fingerprint density at radius 3 is 1.77 bits per heavy atom. The van der Waals surface area contributed by atoms with E-state index in [1.807, 2.05) is 0 Å². The van der Waals surface area contributed by atoms with Crippen LogP contribution in [0, 0.1) is 0 Å². The minimum atomic E-state index is -1.09. The van der Waals surface area contributed by atoms with Gasteiger partial charge in [0.2, 0.25) is 11.6 Å². The predicted molar refractivity (Wildman–Crippen MR) is 38.2 cm³/mol. The SMILES string of the molecule is NC1C(=O)C(=O)C(N)c2nonc21. The summed E-state index contributed by atoms with van der Waals surface area (Å²) in [5.41, 5.74) is 11.1. The van der Waals surface area contributed by atoms with Crippen LogP contribution in [0.1, 0.15) is 23.5 Å². The third-order valence-corrected chi connectivity index (χ3v) is 1.94. The lowest BCUT2D eigenvalue weighted by Crippen LogP contribution is -2.41. The first-order valence-electron chi connectivity index (χ1n) is 3.54. The fourth-order valence-corrected chi connectivity index (χ4v) is 1.19. The van der Waals surface area contributed by atoms with Crippen molar-refractivity contribution in [2.45, 2.75) is 12.1 Å². The van der Waals surface area contributed by atoms with Crippen molar-refractivity contribution in [1.82, 2.24) is 10.3 Å². The molecule has 0 aromatic carbocycles. The van der Waals surface area contributed by atoms with Gasteiger partial charge in [0.25, 0.3) is 0 Å². The van der Waals surface area contributed by atoms with Crippen LogP contribution in [0.2, 0.25) is 0 Å². The lowest BCUT2D eigenvalue weighted by Gasteiger charge is -2.16. The van der Waals surface area contributed by atoms with E-state index < -0.39 is 23.7 Å². The summed E-state index contributed by atoms with van der Waals surface area (Å²) in [7, 11) is 0. The van der Waals surface area contributed by atoms with Crippen LogP contribution in [0.15, 0.2) is 4.63 Å². The van der Waals surface area contributed by atoms with Gasteiger partial charge in [-0.3, -0.25) is 9.59 Å². The summed E-state index contributed by atoms with van der Waals surface area (Å²) in [5, 5.41) is 6.82. The molecule has 0 aliphatic heterocycles. The highest BCUT2D eigenvalue weighted by Gasteiger charge is 2.41. The molecule has 2 rings (SSSR count). The summed E-state index contributed by atoms with van der Waals surface area (Å²) in [6.07, 6.45) is 0. The van der Waals surface area contributed by atoms with Gasteiger partial charge in [0, 0.05) is 0 Å². The van der Waals surface area contributed by atoms with Crippen LogP contribution in [-0.4, -0.2) is 21.9 Å². The van der Waals surface area contributed by atoms with E-state index >= 15 is 0 Å². The fraction of sp³-hybridized carbons (Fsp3) is 0.333. The Bertz CT molecular complexity index is 350. The van der Waals surface area contributed by atoms with E-state index in [9.17, 15) is 9.59 Å². The van der Waals surface area contributed by atoms with Crippen molar-refractivity contribution in [1.29, 1.82) is 0 Å². The molecule has 7 heteroatoms. The molecule has 0 saturated heterocycles. The fourth-order valence-electron chi connectivity index (χ4n) is 1.19. The zero-order valence-electron chi connectivity index (χ0n) is 6.43. The molecule has 1 aliphatic carbocycles. The molecular formula is C6H6N4O3. The van der Waals surface area contributed by atoms with Crippen LogP contribution >= 0.6 is 0 Å². The predicted octanol–water partition coefficient (Wildman–Crippen LogP) is -1.78. The van der Waals surface area contributed by atoms with Crippen molar-refractivity contribution in [3.63, 3.8) is 0 Å².